The van der Waals surface area contributed by atoms with Crippen molar-refractivity contribution in [2.45, 2.75) is 13.1 Å². The highest BCUT2D eigenvalue weighted by Gasteiger charge is 2.03. The van der Waals surface area contributed by atoms with Gasteiger partial charge in [0.05, 0.1) is 19.9 Å². The molecular weight excluding hydrogens is 235 g/mol. The quantitative estimate of drug-likeness (QED) is 0.783. The second kappa shape index (κ2) is 6.11. The van der Waals surface area contributed by atoms with Gasteiger partial charge in [-0.1, -0.05) is 11.3 Å². The second-order valence-electron chi connectivity index (χ2n) is 3.80. The van der Waals surface area contributed by atoms with E-state index in [4.69, 9.17) is 4.74 Å². The maximum absolute atomic E-state index is 13.6. The smallest absolute Gasteiger partial charge is 0.131 e. The van der Waals surface area contributed by atoms with Gasteiger partial charge in [0.15, 0.2) is 0 Å². The molecular formula is C12H15FN4O. The molecule has 1 aromatic heterocycles. The fourth-order valence-corrected chi connectivity index (χ4v) is 1.57. The van der Waals surface area contributed by atoms with Crippen LogP contribution in [0, 0.1) is 5.82 Å². The van der Waals surface area contributed by atoms with Crippen LogP contribution in [-0.4, -0.2) is 28.6 Å². The van der Waals surface area contributed by atoms with Crippen molar-refractivity contribution in [1.29, 1.82) is 0 Å². The first-order chi connectivity index (χ1) is 8.79. The molecule has 0 aliphatic carbocycles. The summed E-state index contributed by atoms with van der Waals surface area (Å²) < 4.78 is 20.3. The molecule has 0 amide bonds. The molecule has 6 heteroatoms. The van der Waals surface area contributed by atoms with E-state index >= 15 is 0 Å². The highest BCUT2D eigenvalue weighted by atomic mass is 19.1. The molecule has 0 bridgehead atoms. The summed E-state index contributed by atoms with van der Waals surface area (Å²) in [4.78, 5) is 0. The van der Waals surface area contributed by atoms with Gasteiger partial charge < -0.3 is 10.1 Å². The molecule has 0 saturated heterocycles. The van der Waals surface area contributed by atoms with E-state index in [2.05, 4.69) is 15.6 Å². The minimum absolute atomic E-state index is 0.261. The maximum Gasteiger partial charge on any atom is 0.131 e. The monoisotopic (exact) mass is 250 g/mol. The van der Waals surface area contributed by atoms with Crippen molar-refractivity contribution in [3.05, 3.63) is 42.0 Å². The Balaban J connectivity index is 1.79. The van der Waals surface area contributed by atoms with Crippen LogP contribution in [0.1, 0.15) is 5.56 Å². The Bertz CT molecular complexity index is 487. The van der Waals surface area contributed by atoms with E-state index < -0.39 is 0 Å². The summed E-state index contributed by atoms with van der Waals surface area (Å²) >= 11 is 0. The number of hydrogen-bond acceptors (Lipinski definition) is 4. The van der Waals surface area contributed by atoms with Crippen molar-refractivity contribution in [2.75, 3.05) is 13.7 Å². The van der Waals surface area contributed by atoms with Crippen LogP contribution in [0.5, 0.6) is 5.75 Å². The molecule has 0 fully saturated rings. The zero-order valence-corrected chi connectivity index (χ0v) is 10.1. The van der Waals surface area contributed by atoms with Gasteiger partial charge in [0.1, 0.15) is 11.6 Å². The summed E-state index contributed by atoms with van der Waals surface area (Å²) in [6.45, 7) is 1.89. The minimum Gasteiger partial charge on any atom is -0.497 e. The van der Waals surface area contributed by atoms with Gasteiger partial charge in [-0.15, -0.1) is 5.10 Å². The average molecular weight is 250 g/mol. The average Bonchev–Trinajstić information content (AvgIpc) is 2.89. The highest BCUT2D eigenvalue weighted by Crippen LogP contribution is 2.15. The third-order valence-electron chi connectivity index (χ3n) is 2.57. The highest BCUT2D eigenvalue weighted by molar-refractivity contribution is 5.28. The minimum atomic E-state index is -0.261. The van der Waals surface area contributed by atoms with E-state index in [9.17, 15) is 4.39 Å². The first kappa shape index (κ1) is 12.5. The molecule has 5 nitrogen and oxygen atoms in total. The van der Waals surface area contributed by atoms with Gasteiger partial charge in [0.25, 0.3) is 0 Å². The van der Waals surface area contributed by atoms with E-state index in [1.54, 1.807) is 29.2 Å². The molecule has 0 radical (unpaired) electrons. The molecule has 0 saturated carbocycles. The maximum atomic E-state index is 13.6. The van der Waals surface area contributed by atoms with Crippen molar-refractivity contribution in [3.8, 4) is 5.75 Å². The normalized spacial score (nSPS) is 10.6. The lowest BCUT2D eigenvalue weighted by molar-refractivity contribution is 0.410. The number of methoxy groups -OCH3 is 1. The molecule has 0 unspecified atom stereocenters. The molecule has 96 valence electrons. The van der Waals surface area contributed by atoms with Crippen LogP contribution < -0.4 is 10.1 Å². The Morgan fingerprint density at radius 2 is 2.33 bits per heavy atom. The fourth-order valence-electron chi connectivity index (χ4n) is 1.57. The molecule has 0 atom stereocenters. The lowest BCUT2D eigenvalue weighted by atomic mass is 10.2. The number of benzene rings is 1. The zero-order chi connectivity index (χ0) is 12.8. The summed E-state index contributed by atoms with van der Waals surface area (Å²) in [5, 5.41) is 10.7. The molecule has 0 aliphatic rings. The lowest BCUT2D eigenvalue weighted by Gasteiger charge is -2.07. The first-order valence-electron chi connectivity index (χ1n) is 5.67. The largest absolute Gasteiger partial charge is 0.497 e. The molecule has 1 aromatic carbocycles. The predicted octanol–water partition coefficient (Wildman–Crippen LogP) is 1.22. The van der Waals surface area contributed by atoms with Crippen LogP contribution in [0.3, 0.4) is 0 Å². The third-order valence-corrected chi connectivity index (χ3v) is 2.57. The molecule has 18 heavy (non-hydrogen) atoms. The number of aromatic nitrogens is 3. The number of halogens is 1. The van der Waals surface area contributed by atoms with Gasteiger partial charge >= 0.3 is 0 Å². The van der Waals surface area contributed by atoms with E-state index in [1.165, 1.54) is 13.2 Å². The van der Waals surface area contributed by atoms with Crippen molar-refractivity contribution >= 4 is 0 Å². The lowest BCUT2D eigenvalue weighted by Crippen LogP contribution is -2.20. The van der Waals surface area contributed by atoms with Gasteiger partial charge in [0.2, 0.25) is 0 Å². The van der Waals surface area contributed by atoms with Crippen LogP contribution in [0.25, 0.3) is 0 Å². The van der Waals surface area contributed by atoms with Gasteiger partial charge in [-0.05, 0) is 6.07 Å². The molecule has 2 aromatic rings. The van der Waals surface area contributed by atoms with E-state index in [0.717, 1.165) is 0 Å². The van der Waals surface area contributed by atoms with Crippen LogP contribution >= 0.6 is 0 Å². The van der Waals surface area contributed by atoms with Crippen LogP contribution in [-0.2, 0) is 13.1 Å². The molecule has 0 aliphatic heterocycles. The first-order valence-corrected chi connectivity index (χ1v) is 5.67. The Kier molecular flexibility index (Phi) is 4.25. The number of ether oxygens (including phenoxy) is 1. The molecule has 1 heterocycles. The van der Waals surface area contributed by atoms with Gasteiger partial charge in [-0.3, -0.25) is 4.68 Å². The number of nitrogens with one attached hydrogen (secondary N) is 1. The summed E-state index contributed by atoms with van der Waals surface area (Å²) in [5.74, 6) is 0.265. The summed E-state index contributed by atoms with van der Waals surface area (Å²) in [6.07, 6.45) is 3.42. The van der Waals surface area contributed by atoms with Crippen LogP contribution in [0.2, 0.25) is 0 Å². The number of rotatable bonds is 6. The van der Waals surface area contributed by atoms with Crippen molar-refractivity contribution < 1.29 is 9.13 Å². The second-order valence-corrected chi connectivity index (χ2v) is 3.80. The van der Waals surface area contributed by atoms with Crippen molar-refractivity contribution in [2.24, 2.45) is 0 Å². The Labute approximate surface area is 105 Å². The Morgan fingerprint density at radius 1 is 1.44 bits per heavy atom. The van der Waals surface area contributed by atoms with Gasteiger partial charge in [0, 0.05) is 30.9 Å². The van der Waals surface area contributed by atoms with Crippen molar-refractivity contribution in [3.63, 3.8) is 0 Å². The summed E-state index contributed by atoms with van der Waals surface area (Å²) in [6, 6.07) is 4.85. The van der Waals surface area contributed by atoms with E-state index in [-0.39, 0.29) is 5.82 Å². The molecule has 2 rings (SSSR count). The van der Waals surface area contributed by atoms with Crippen molar-refractivity contribution in [1.82, 2.24) is 20.3 Å². The Hall–Kier alpha value is -1.95. The topological polar surface area (TPSA) is 52.0 Å². The zero-order valence-electron chi connectivity index (χ0n) is 10.1. The molecule has 1 N–H and O–H groups in total. The molecule has 0 spiro atoms. The summed E-state index contributed by atoms with van der Waals surface area (Å²) in [7, 11) is 1.52. The standard InChI is InChI=1S/C12H15FN4O/c1-18-11-3-2-10(12(13)8-11)9-14-4-6-17-7-5-15-16-17/h2-3,5,7-8,14H,4,6,9H2,1H3. The van der Waals surface area contributed by atoms with E-state index in [1.807, 2.05) is 0 Å². The number of hydrogen-bond donors (Lipinski definition) is 1. The van der Waals surface area contributed by atoms with Crippen LogP contribution in [0.4, 0.5) is 4.39 Å². The van der Waals surface area contributed by atoms with Gasteiger partial charge in [-0.2, -0.15) is 0 Å². The Morgan fingerprint density at radius 3 is 3.00 bits per heavy atom. The predicted molar refractivity (Wildman–Crippen MR) is 64.7 cm³/mol. The SMILES string of the molecule is COc1ccc(CNCCn2ccnn2)c(F)c1. The van der Waals surface area contributed by atoms with Crippen LogP contribution in [0.15, 0.2) is 30.6 Å². The third kappa shape index (κ3) is 3.27. The number of nitrogens with zero attached hydrogens (tertiary/aromatic N) is 3. The van der Waals surface area contributed by atoms with Gasteiger partial charge in [-0.25, -0.2) is 4.39 Å². The van der Waals surface area contributed by atoms with E-state index in [0.29, 0.717) is 30.9 Å². The summed E-state index contributed by atoms with van der Waals surface area (Å²) in [5.41, 5.74) is 0.620. The fraction of sp³-hybridized carbons (Fsp3) is 0.333.